The number of nitrogens with zero attached hydrogens (tertiary/aromatic N) is 2. The highest BCUT2D eigenvalue weighted by Crippen LogP contribution is 2.44. The van der Waals surface area contributed by atoms with E-state index in [0.717, 1.165) is 38.8 Å². The Labute approximate surface area is 238 Å². The monoisotopic (exact) mass is 540 g/mol. The van der Waals surface area contributed by atoms with E-state index < -0.39 is 0 Å². The standard InChI is InChI=1S/C37H20N2OS/c38-21-22-13-16-32-28(19-22)29-20-23(14-17-33(29)40-32)24-7-1-4-10-30(24)39-31-11-5-2-8-25(31)26-15-18-35-36(37(26)39)27-9-3-6-12-34(27)41-35/h1-20H. The normalized spacial score (nSPS) is 11.9. The van der Waals surface area contributed by atoms with Gasteiger partial charge in [-0.2, -0.15) is 5.26 Å². The van der Waals surface area contributed by atoms with Crippen molar-refractivity contribution in [3.8, 4) is 22.9 Å². The van der Waals surface area contributed by atoms with E-state index >= 15 is 0 Å². The number of aromatic nitrogens is 1. The third kappa shape index (κ3) is 3.12. The van der Waals surface area contributed by atoms with Crippen LogP contribution >= 0.6 is 11.3 Å². The van der Waals surface area contributed by atoms with E-state index in [0.29, 0.717) is 5.56 Å². The molecule has 4 heteroatoms. The Morgan fingerprint density at radius 1 is 0.610 bits per heavy atom. The highest BCUT2D eigenvalue weighted by Gasteiger charge is 2.20. The highest BCUT2D eigenvalue weighted by molar-refractivity contribution is 7.26. The van der Waals surface area contributed by atoms with Gasteiger partial charge in [0, 0.05) is 47.3 Å². The predicted octanol–water partition coefficient (Wildman–Crippen LogP) is 10.6. The summed E-state index contributed by atoms with van der Waals surface area (Å²) in [6, 6.07) is 44.9. The molecule has 3 nitrogen and oxygen atoms in total. The Bertz CT molecular complexity index is 2560. The number of rotatable bonds is 2. The van der Waals surface area contributed by atoms with Crippen molar-refractivity contribution in [1.29, 1.82) is 5.26 Å². The number of hydrogen-bond donors (Lipinski definition) is 0. The number of para-hydroxylation sites is 2. The minimum absolute atomic E-state index is 0.628. The molecule has 0 saturated heterocycles. The molecular weight excluding hydrogens is 520 g/mol. The van der Waals surface area contributed by atoms with Gasteiger partial charge in [0.1, 0.15) is 11.2 Å². The minimum Gasteiger partial charge on any atom is -0.456 e. The summed E-state index contributed by atoms with van der Waals surface area (Å²) >= 11 is 1.85. The van der Waals surface area contributed by atoms with Crippen LogP contribution in [0.4, 0.5) is 0 Å². The van der Waals surface area contributed by atoms with E-state index in [-0.39, 0.29) is 0 Å². The van der Waals surface area contributed by atoms with Crippen molar-refractivity contribution in [2.75, 3.05) is 0 Å². The van der Waals surface area contributed by atoms with E-state index in [4.69, 9.17) is 4.42 Å². The molecule has 0 fully saturated rings. The lowest BCUT2D eigenvalue weighted by molar-refractivity contribution is 0.669. The second kappa shape index (κ2) is 8.32. The van der Waals surface area contributed by atoms with Crippen molar-refractivity contribution in [1.82, 2.24) is 4.57 Å². The summed E-state index contributed by atoms with van der Waals surface area (Å²) in [5.74, 6) is 0. The van der Waals surface area contributed by atoms with Gasteiger partial charge in [-0.3, -0.25) is 0 Å². The third-order valence-electron chi connectivity index (χ3n) is 8.23. The molecule has 190 valence electrons. The van der Waals surface area contributed by atoms with Crippen molar-refractivity contribution in [3.63, 3.8) is 0 Å². The quantitative estimate of drug-likeness (QED) is 0.219. The smallest absolute Gasteiger partial charge is 0.135 e. The van der Waals surface area contributed by atoms with Gasteiger partial charge in [-0.05, 0) is 60.2 Å². The van der Waals surface area contributed by atoms with E-state index in [2.05, 4.69) is 108 Å². The number of benzene rings is 6. The van der Waals surface area contributed by atoms with Crippen molar-refractivity contribution in [2.45, 2.75) is 0 Å². The van der Waals surface area contributed by atoms with Gasteiger partial charge in [-0.25, -0.2) is 0 Å². The van der Waals surface area contributed by atoms with E-state index in [1.807, 2.05) is 29.5 Å². The van der Waals surface area contributed by atoms with E-state index in [1.165, 1.54) is 42.0 Å². The summed E-state index contributed by atoms with van der Waals surface area (Å²) in [4.78, 5) is 0. The lowest BCUT2D eigenvalue weighted by Gasteiger charge is -2.15. The molecule has 6 aromatic carbocycles. The fourth-order valence-electron chi connectivity index (χ4n) is 6.44. The van der Waals surface area contributed by atoms with Crippen LogP contribution in [-0.2, 0) is 0 Å². The van der Waals surface area contributed by atoms with Crippen LogP contribution in [0.5, 0.6) is 0 Å². The van der Waals surface area contributed by atoms with Gasteiger partial charge >= 0.3 is 0 Å². The Balaban J connectivity index is 1.40. The molecule has 0 aliphatic heterocycles. The molecule has 0 bridgehead atoms. The summed E-state index contributed by atoms with van der Waals surface area (Å²) in [6.07, 6.45) is 0. The summed E-state index contributed by atoms with van der Waals surface area (Å²) < 4.78 is 11.2. The second-order valence-electron chi connectivity index (χ2n) is 10.4. The van der Waals surface area contributed by atoms with E-state index in [1.54, 1.807) is 6.07 Å². The Morgan fingerprint density at radius 2 is 1.37 bits per heavy atom. The molecule has 0 unspecified atom stereocenters. The first-order valence-corrected chi connectivity index (χ1v) is 14.4. The summed E-state index contributed by atoms with van der Waals surface area (Å²) in [6.45, 7) is 0. The first kappa shape index (κ1) is 22.4. The van der Waals surface area contributed by atoms with Crippen molar-refractivity contribution in [2.24, 2.45) is 0 Å². The van der Waals surface area contributed by atoms with Crippen LogP contribution in [0.25, 0.3) is 80.7 Å². The van der Waals surface area contributed by atoms with Gasteiger partial charge < -0.3 is 8.98 Å². The second-order valence-corrected chi connectivity index (χ2v) is 11.5. The Morgan fingerprint density at radius 3 is 2.27 bits per heavy atom. The number of nitriles is 1. The van der Waals surface area contributed by atoms with Gasteiger partial charge in [0.2, 0.25) is 0 Å². The van der Waals surface area contributed by atoms with Crippen molar-refractivity contribution >= 4 is 75.3 Å². The van der Waals surface area contributed by atoms with Gasteiger partial charge in [0.05, 0.1) is 28.4 Å². The van der Waals surface area contributed by atoms with Crippen LogP contribution in [0.2, 0.25) is 0 Å². The van der Waals surface area contributed by atoms with Gasteiger partial charge in [0.25, 0.3) is 0 Å². The molecule has 0 aliphatic rings. The number of thiophene rings is 1. The van der Waals surface area contributed by atoms with Crippen molar-refractivity contribution in [3.05, 3.63) is 127 Å². The Hall–Kier alpha value is -5.37. The molecule has 0 atom stereocenters. The maximum atomic E-state index is 9.50. The predicted molar refractivity (Wildman–Crippen MR) is 171 cm³/mol. The van der Waals surface area contributed by atoms with Crippen LogP contribution in [0.1, 0.15) is 5.56 Å². The zero-order valence-electron chi connectivity index (χ0n) is 21.8. The van der Waals surface area contributed by atoms with Crippen LogP contribution < -0.4 is 0 Å². The summed E-state index contributed by atoms with van der Waals surface area (Å²) in [7, 11) is 0. The topological polar surface area (TPSA) is 41.9 Å². The third-order valence-corrected chi connectivity index (χ3v) is 9.37. The maximum Gasteiger partial charge on any atom is 0.135 e. The lowest BCUT2D eigenvalue weighted by Crippen LogP contribution is -1.97. The van der Waals surface area contributed by atoms with E-state index in [9.17, 15) is 5.26 Å². The molecule has 0 saturated carbocycles. The zero-order chi connectivity index (χ0) is 27.1. The molecule has 0 N–H and O–H groups in total. The first-order chi connectivity index (χ1) is 20.3. The van der Waals surface area contributed by atoms with Gasteiger partial charge in [0.15, 0.2) is 0 Å². The summed E-state index contributed by atoms with van der Waals surface area (Å²) in [5, 5.41) is 16.6. The molecule has 0 amide bonds. The first-order valence-electron chi connectivity index (χ1n) is 13.6. The summed E-state index contributed by atoms with van der Waals surface area (Å²) in [5.41, 5.74) is 8.03. The van der Waals surface area contributed by atoms with Crippen LogP contribution in [0.15, 0.2) is 126 Å². The fourth-order valence-corrected chi connectivity index (χ4v) is 7.55. The SMILES string of the molecule is N#Cc1ccc2oc3ccc(-c4ccccc4-n4c5ccccc5c5ccc6sc7ccccc7c6c54)cc3c2c1. The fraction of sp³-hybridized carbons (Fsp3) is 0. The molecule has 0 aliphatic carbocycles. The largest absolute Gasteiger partial charge is 0.456 e. The van der Waals surface area contributed by atoms with Crippen LogP contribution in [0.3, 0.4) is 0 Å². The zero-order valence-corrected chi connectivity index (χ0v) is 22.6. The van der Waals surface area contributed by atoms with Crippen LogP contribution in [0, 0.1) is 11.3 Å². The molecule has 3 aromatic heterocycles. The molecule has 0 radical (unpaired) electrons. The number of hydrogen-bond acceptors (Lipinski definition) is 3. The average molecular weight is 541 g/mol. The minimum atomic E-state index is 0.628. The lowest BCUT2D eigenvalue weighted by atomic mass is 10.00. The molecule has 0 spiro atoms. The highest BCUT2D eigenvalue weighted by atomic mass is 32.1. The average Bonchev–Trinajstić information content (AvgIpc) is 3.69. The molecule has 9 rings (SSSR count). The molecule has 41 heavy (non-hydrogen) atoms. The van der Waals surface area contributed by atoms with Gasteiger partial charge in [-0.15, -0.1) is 11.3 Å². The maximum absolute atomic E-state index is 9.50. The number of furan rings is 1. The molecule has 3 heterocycles. The van der Waals surface area contributed by atoms with Crippen molar-refractivity contribution < 1.29 is 4.42 Å². The van der Waals surface area contributed by atoms with Gasteiger partial charge in [-0.1, -0.05) is 66.7 Å². The Kier molecular flexibility index (Phi) is 4.55. The molecule has 9 aromatic rings. The van der Waals surface area contributed by atoms with Crippen LogP contribution in [-0.4, -0.2) is 4.57 Å². The molecular formula is C37H20N2OS. The number of fused-ring (bicyclic) bond motifs is 10.